The third-order valence-corrected chi connectivity index (χ3v) is 5.04. The van der Waals surface area contributed by atoms with Crippen molar-refractivity contribution in [3.63, 3.8) is 0 Å². The summed E-state index contributed by atoms with van der Waals surface area (Å²) in [6.45, 7) is 5.41. The van der Waals surface area contributed by atoms with Crippen LogP contribution in [0, 0.1) is 13.8 Å². The maximum atomic E-state index is 6.10. The Labute approximate surface area is 144 Å². The second kappa shape index (κ2) is 6.37. The Balaban J connectivity index is 1.69. The third-order valence-electron chi connectivity index (χ3n) is 4.05. The lowest BCUT2D eigenvalue weighted by Gasteiger charge is -2.17. The zero-order valence-electron chi connectivity index (χ0n) is 13.7. The van der Waals surface area contributed by atoms with Crippen LogP contribution < -0.4 is 10.1 Å². The zero-order valence-corrected chi connectivity index (χ0v) is 14.5. The maximum Gasteiger partial charge on any atom is 0.143 e. The fourth-order valence-electron chi connectivity index (χ4n) is 2.87. The highest BCUT2D eigenvalue weighted by molar-refractivity contribution is 7.17. The second-order valence-electron chi connectivity index (χ2n) is 5.94. The first-order chi connectivity index (χ1) is 11.7. The van der Waals surface area contributed by atoms with Crippen LogP contribution in [0.4, 0.5) is 11.5 Å². The summed E-state index contributed by atoms with van der Waals surface area (Å²) in [6, 6.07) is 7.96. The molecule has 4 rings (SSSR count). The molecular weight excluding hydrogens is 322 g/mol. The number of rotatable bonds is 4. The maximum absolute atomic E-state index is 6.10. The number of aryl methyl sites for hydroxylation is 2. The molecule has 6 heteroatoms. The summed E-state index contributed by atoms with van der Waals surface area (Å²) in [5.74, 6) is 2.41. The van der Waals surface area contributed by atoms with E-state index in [1.807, 2.05) is 31.2 Å². The molecule has 124 valence electrons. The number of para-hydroxylation sites is 2. The van der Waals surface area contributed by atoms with Crippen LogP contribution in [0.1, 0.15) is 17.8 Å². The van der Waals surface area contributed by atoms with Crippen LogP contribution in [0.25, 0.3) is 10.2 Å². The number of fused-ring (bicyclic) bond motifs is 1. The highest BCUT2D eigenvalue weighted by atomic mass is 32.1. The van der Waals surface area contributed by atoms with Gasteiger partial charge in [0.15, 0.2) is 0 Å². The fraction of sp³-hybridized carbons (Fsp3) is 0.333. The van der Waals surface area contributed by atoms with Crippen LogP contribution in [0.15, 0.2) is 29.6 Å². The monoisotopic (exact) mass is 341 g/mol. The lowest BCUT2D eigenvalue weighted by Crippen LogP contribution is -2.16. The predicted octanol–water partition coefficient (Wildman–Crippen LogP) is 4.22. The van der Waals surface area contributed by atoms with Crippen molar-refractivity contribution >= 4 is 33.1 Å². The van der Waals surface area contributed by atoms with E-state index in [1.165, 1.54) is 5.56 Å². The standard InChI is InChI=1S/C18H19N3O2S/c1-11-10-24-18-16(11)17(19-12(2)20-18)21-14-5-3-4-6-15(14)23-13-7-8-22-9-13/h3-6,10,13H,7-9H2,1-2H3,(H,19,20,21). The van der Waals surface area contributed by atoms with Gasteiger partial charge in [0.1, 0.15) is 28.3 Å². The number of anilines is 2. The fourth-order valence-corrected chi connectivity index (χ4v) is 3.83. The van der Waals surface area contributed by atoms with Crippen molar-refractivity contribution < 1.29 is 9.47 Å². The van der Waals surface area contributed by atoms with Gasteiger partial charge in [-0.1, -0.05) is 12.1 Å². The first-order valence-corrected chi connectivity index (χ1v) is 8.91. The normalized spacial score (nSPS) is 17.3. The number of benzene rings is 1. The van der Waals surface area contributed by atoms with Crippen LogP contribution >= 0.6 is 11.3 Å². The topological polar surface area (TPSA) is 56.3 Å². The van der Waals surface area contributed by atoms with Crippen molar-refractivity contribution in [2.24, 2.45) is 0 Å². The average Bonchev–Trinajstić information content (AvgIpc) is 3.19. The van der Waals surface area contributed by atoms with Gasteiger partial charge >= 0.3 is 0 Å². The van der Waals surface area contributed by atoms with Crippen molar-refractivity contribution in [3.05, 3.63) is 41.0 Å². The van der Waals surface area contributed by atoms with E-state index in [1.54, 1.807) is 11.3 Å². The minimum atomic E-state index is 0.114. The summed E-state index contributed by atoms with van der Waals surface area (Å²) in [5, 5.41) is 6.63. The summed E-state index contributed by atoms with van der Waals surface area (Å²) >= 11 is 1.64. The van der Waals surface area contributed by atoms with Gasteiger partial charge in [-0.2, -0.15) is 0 Å². The molecule has 24 heavy (non-hydrogen) atoms. The molecule has 1 atom stereocenters. The Morgan fingerprint density at radius 2 is 2.12 bits per heavy atom. The molecule has 3 heterocycles. The van der Waals surface area contributed by atoms with Crippen molar-refractivity contribution in [2.45, 2.75) is 26.4 Å². The zero-order chi connectivity index (χ0) is 16.5. The molecule has 1 saturated heterocycles. The number of ether oxygens (including phenoxy) is 2. The number of aromatic nitrogens is 2. The summed E-state index contributed by atoms with van der Waals surface area (Å²) in [5.41, 5.74) is 2.09. The van der Waals surface area contributed by atoms with Crippen molar-refractivity contribution in [2.75, 3.05) is 18.5 Å². The lowest BCUT2D eigenvalue weighted by atomic mass is 10.2. The van der Waals surface area contributed by atoms with Crippen molar-refractivity contribution in [3.8, 4) is 5.75 Å². The van der Waals surface area contributed by atoms with Gasteiger partial charge in [0.05, 0.1) is 24.3 Å². The molecule has 3 aromatic rings. The van der Waals surface area contributed by atoms with Crippen molar-refractivity contribution in [1.29, 1.82) is 0 Å². The first kappa shape index (κ1) is 15.4. The van der Waals surface area contributed by atoms with Crippen LogP contribution in [0.2, 0.25) is 0 Å². The Morgan fingerprint density at radius 3 is 2.96 bits per heavy atom. The molecule has 5 nitrogen and oxygen atoms in total. The minimum Gasteiger partial charge on any atom is -0.486 e. The van der Waals surface area contributed by atoms with Crippen LogP contribution in [0.3, 0.4) is 0 Å². The number of hydrogen-bond donors (Lipinski definition) is 1. The molecule has 0 amide bonds. The molecule has 0 bridgehead atoms. The second-order valence-corrected chi connectivity index (χ2v) is 6.80. The highest BCUT2D eigenvalue weighted by Gasteiger charge is 2.19. The van der Waals surface area contributed by atoms with E-state index in [2.05, 4.69) is 27.6 Å². The Morgan fingerprint density at radius 1 is 1.25 bits per heavy atom. The summed E-state index contributed by atoms with van der Waals surface area (Å²) in [7, 11) is 0. The third kappa shape index (κ3) is 2.95. The first-order valence-electron chi connectivity index (χ1n) is 8.03. The molecule has 2 aromatic heterocycles. The minimum absolute atomic E-state index is 0.114. The van der Waals surface area contributed by atoms with E-state index in [9.17, 15) is 0 Å². The molecule has 0 saturated carbocycles. The van der Waals surface area contributed by atoms with Gasteiger partial charge in [-0.3, -0.25) is 0 Å². The molecule has 1 aliphatic heterocycles. The number of nitrogens with one attached hydrogen (secondary N) is 1. The summed E-state index contributed by atoms with van der Waals surface area (Å²) < 4.78 is 11.5. The summed E-state index contributed by atoms with van der Waals surface area (Å²) in [4.78, 5) is 10.1. The average molecular weight is 341 g/mol. The Hall–Kier alpha value is -2.18. The highest BCUT2D eigenvalue weighted by Crippen LogP contribution is 2.34. The molecule has 0 radical (unpaired) electrons. The lowest BCUT2D eigenvalue weighted by molar-refractivity contribution is 0.142. The van der Waals surface area contributed by atoms with E-state index in [4.69, 9.17) is 9.47 Å². The van der Waals surface area contributed by atoms with Gasteiger partial charge in [0.25, 0.3) is 0 Å². The SMILES string of the molecule is Cc1nc(Nc2ccccc2OC2CCOC2)c2c(C)csc2n1. The van der Waals surface area contributed by atoms with Gasteiger partial charge in [-0.25, -0.2) is 9.97 Å². The smallest absolute Gasteiger partial charge is 0.143 e. The molecule has 1 fully saturated rings. The van der Waals surface area contributed by atoms with Crippen LogP contribution in [0.5, 0.6) is 5.75 Å². The van der Waals surface area contributed by atoms with Gasteiger partial charge in [0, 0.05) is 6.42 Å². The van der Waals surface area contributed by atoms with E-state index in [0.29, 0.717) is 6.61 Å². The largest absolute Gasteiger partial charge is 0.486 e. The van der Waals surface area contributed by atoms with E-state index in [-0.39, 0.29) is 6.10 Å². The van der Waals surface area contributed by atoms with Gasteiger partial charge in [-0.15, -0.1) is 11.3 Å². The molecule has 1 N–H and O–H groups in total. The Kier molecular flexibility index (Phi) is 4.08. The van der Waals surface area contributed by atoms with Crippen LogP contribution in [-0.2, 0) is 4.74 Å². The molecule has 0 aliphatic carbocycles. The van der Waals surface area contributed by atoms with Gasteiger partial charge < -0.3 is 14.8 Å². The molecule has 1 unspecified atom stereocenters. The molecular formula is C18H19N3O2S. The van der Waals surface area contributed by atoms with E-state index in [0.717, 1.165) is 46.3 Å². The summed E-state index contributed by atoms with van der Waals surface area (Å²) in [6.07, 6.45) is 1.04. The van der Waals surface area contributed by atoms with E-state index >= 15 is 0 Å². The quantitative estimate of drug-likeness (QED) is 0.770. The predicted molar refractivity (Wildman–Crippen MR) is 96.5 cm³/mol. The van der Waals surface area contributed by atoms with Gasteiger partial charge in [0.2, 0.25) is 0 Å². The number of hydrogen-bond acceptors (Lipinski definition) is 6. The Bertz CT molecular complexity index is 872. The molecule has 1 aliphatic rings. The van der Waals surface area contributed by atoms with E-state index < -0.39 is 0 Å². The number of nitrogens with zero attached hydrogens (tertiary/aromatic N) is 2. The number of thiophene rings is 1. The van der Waals surface area contributed by atoms with Gasteiger partial charge in [-0.05, 0) is 36.9 Å². The van der Waals surface area contributed by atoms with Crippen LogP contribution in [-0.4, -0.2) is 29.3 Å². The molecule has 0 spiro atoms. The molecule has 1 aromatic carbocycles. The van der Waals surface area contributed by atoms with Crippen molar-refractivity contribution in [1.82, 2.24) is 9.97 Å².